The van der Waals surface area contributed by atoms with Crippen LogP contribution in [-0.2, 0) is 0 Å². The Morgan fingerprint density at radius 2 is 2.04 bits per heavy atom. The minimum atomic E-state index is -0.0776. The minimum Gasteiger partial charge on any atom is -0.508 e. The fourth-order valence-electron chi connectivity index (χ4n) is 2.59. The van der Waals surface area contributed by atoms with Crippen LogP contribution >= 0.6 is 0 Å². The van der Waals surface area contributed by atoms with Crippen LogP contribution in [0.3, 0.4) is 0 Å². The molecule has 0 spiro atoms. The molecule has 0 aliphatic carbocycles. The third kappa shape index (κ3) is 2.69. The Kier molecular flexibility index (Phi) is 3.42. The van der Waals surface area contributed by atoms with E-state index in [1.807, 2.05) is 25.1 Å². The second-order valence-corrected chi connectivity index (χ2v) is 5.57. The molecule has 0 aliphatic rings. The summed E-state index contributed by atoms with van der Waals surface area (Å²) < 4.78 is 0. The number of para-hydroxylation sites is 1. The topological polar surface area (TPSA) is 119 Å². The molecule has 0 fully saturated rings. The molecular weight excluding hydrogens is 320 g/mol. The molecule has 4 rings (SSSR count). The second kappa shape index (κ2) is 5.75. The average molecular weight is 334 g/mol. The zero-order valence-electron chi connectivity index (χ0n) is 13.2. The molecule has 25 heavy (non-hydrogen) atoms. The van der Waals surface area contributed by atoms with Crippen LogP contribution in [0.2, 0.25) is 0 Å². The van der Waals surface area contributed by atoms with Crippen LogP contribution in [0.25, 0.3) is 22.1 Å². The fraction of sp³-hybridized carbons (Fsp3) is 0.0588. The van der Waals surface area contributed by atoms with E-state index in [9.17, 15) is 10.2 Å². The maximum absolute atomic E-state index is 9.71. The first-order valence-electron chi connectivity index (χ1n) is 7.54. The Hall–Kier alpha value is -3.68. The van der Waals surface area contributed by atoms with Gasteiger partial charge >= 0.3 is 0 Å². The molecule has 4 N–H and O–H groups in total. The number of hydrazone groups is 1. The second-order valence-electron chi connectivity index (χ2n) is 5.57. The number of phenols is 2. The number of benzene rings is 2. The van der Waals surface area contributed by atoms with E-state index in [4.69, 9.17) is 0 Å². The lowest BCUT2D eigenvalue weighted by molar-refractivity contribution is 0.450. The van der Waals surface area contributed by atoms with Crippen molar-refractivity contribution in [2.24, 2.45) is 5.10 Å². The molecule has 0 saturated carbocycles. The molecule has 0 saturated heterocycles. The molecule has 8 nitrogen and oxygen atoms in total. The van der Waals surface area contributed by atoms with E-state index < -0.39 is 0 Å². The lowest BCUT2D eigenvalue weighted by atomic mass is 10.1. The van der Waals surface area contributed by atoms with E-state index in [1.54, 1.807) is 6.07 Å². The van der Waals surface area contributed by atoms with Crippen molar-refractivity contribution in [1.29, 1.82) is 0 Å². The van der Waals surface area contributed by atoms with Crippen LogP contribution < -0.4 is 5.43 Å². The van der Waals surface area contributed by atoms with Crippen molar-refractivity contribution < 1.29 is 10.2 Å². The van der Waals surface area contributed by atoms with Gasteiger partial charge in [-0.15, -0.1) is 10.2 Å². The molecule has 2 heterocycles. The Morgan fingerprint density at radius 1 is 1.16 bits per heavy atom. The number of nitrogens with one attached hydrogen (secondary N) is 2. The normalized spacial score (nSPS) is 11.6. The highest BCUT2D eigenvalue weighted by atomic mass is 16.3. The summed E-state index contributed by atoms with van der Waals surface area (Å²) in [5.74, 6) is 0.132. The number of H-pyrrole nitrogens is 1. The van der Waals surface area contributed by atoms with Gasteiger partial charge in [0.05, 0.1) is 11.7 Å². The summed E-state index contributed by atoms with van der Waals surface area (Å²) >= 11 is 0. The molecule has 4 aromatic rings. The first-order valence-corrected chi connectivity index (χ1v) is 7.54. The molecular formula is C17H14N6O2. The first-order chi connectivity index (χ1) is 12.1. The molecule has 8 heteroatoms. The maximum Gasteiger partial charge on any atom is 0.265 e. The number of anilines is 1. The van der Waals surface area contributed by atoms with E-state index in [2.05, 4.69) is 30.7 Å². The SMILES string of the molecule is Cc1cccc2c1[nH]c1nc(N/N=C\c3ccc(O)cc3O)nnc12. The van der Waals surface area contributed by atoms with Gasteiger partial charge in [0.2, 0.25) is 0 Å². The zero-order chi connectivity index (χ0) is 17.4. The molecule has 0 atom stereocenters. The van der Waals surface area contributed by atoms with Crippen molar-refractivity contribution >= 4 is 34.2 Å². The number of hydrogen-bond acceptors (Lipinski definition) is 7. The number of aromatic hydroxyl groups is 2. The van der Waals surface area contributed by atoms with Crippen molar-refractivity contribution in [3.63, 3.8) is 0 Å². The van der Waals surface area contributed by atoms with Crippen LogP contribution in [-0.4, -0.2) is 36.6 Å². The van der Waals surface area contributed by atoms with Gasteiger partial charge in [0, 0.05) is 17.0 Å². The Labute approximate surface area is 141 Å². The number of hydrogen-bond donors (Lipinski definition) is 4. The molecule has 124 valence electrons. The number of aromatic nitrogens is 4. The number of fused-ring (bicyclic) bond motifs is 3. The summed E-state index contributed by atoms with van der Waals surface area (Å²) in [4.78, 5) is 7.60. The van der Waals surface area contributed by atoms with E-state index in [0.29, 0.717) is 16.7 Å². The predicted molar refractivity (Wildman–Crippen MR) is 94.9 cm³/mol. The highest BCUT2D eigenvalue weighted by Crippen LogP contribution is 2.25. The molecule has 2 aromatic heterocycles. The van der Waals surface area contributed by atoms with Gasteiger partial charge in [-0.3, -0.25) is 0 Å². The third-order valence-corrected chi connectivity index (χ3v) is 3.84. The van der Waals surface area contributed by atoms with Gasteiger partial charge < -0.3 is 15.2 Å². The van der Waals surface area contributed by atoms with Crippen molar-refractivity contribution in [3.8, 4) is 11.5 Å². The largest absolute Gasteiger partial charge is 0.508 e. The Balaban J connectivity index is 1.62. The van der Waals surface area contributed by atoms with E-state index in [1.165, 1.54) is 18.3 Å². The fourth-order valence-corrected chi connectivity index (χ4v) is 2.59. The van der Waals surface area contributed by atoms with Crippen LogP contribution in [0.15, 0.2) is 41.5 Å². The van der Waals surface area contributed by atoms with Gasteiger partial charge in [0.15, 0.2) is 5.65 Å². The number of nitrogens with zero attached hydrogens (tertiary/aromatic N) is 4. The number of rotatable bonds is 3. The van der Waals surface area contributed by atoms with Crippen molar-refractivity contribution in [2.75, 3.05) is 5.43 Å². The summed E-state index contributed by atoms with van der Waals surface area (Å²) in [7, 11) is 0. The van der Waals surface area contributed by atoms with Gasteiger partial charge in [-0.2, -0.15) is 10.1 Å². The van der Waals surface area contributed by atoms with Gasteiger partial charge in [-0.05, 0) is 24.6 Å². The van der Waals surface area contributed by atoms with Crippen molar-refractivity contribution in [3.05, 3.63) is 47.5 Å². The molecule has 0 aliphatic heterocycles. The van der Waals surface area contributed by atoms with E-state index in [0.717, 1.165) is 16.5 Å². The first kappa shape index (κ1) is 14.9. The predicted octanol–water partition coefficient (Wildman–Crippen LogP) is 2.67. The van der Waals surface area contributed by atoms with Gasteiger partial charge in [-0.1, -0.05) is 18.2 Å². The highest BCUT2D eigenvalue weighted by molar-refractivity contribution is 6.04. The summed E-state index contributed by atoms with van der Waals surface area (Å²) in [5.41, 5.74) is 6.52. The van der Waals surface area contributed by atoms with Crippen LogP contribution in [0.1, 0.15) is 11.1 Å². The maximum atomic E-state index is 9.71. The Morgan fingerprint density at radius 3 is 2.88 bits per heavy atom. The van der Waals surface area contributed by atoms with Crippen LogP contribution in [0.4, 0.5) is 5.95 Å². The molecule has 0 radical (unpaired) electrons. The molecule has 0 unspecified atom stereocenters. The molecule has 0 bridgehead atoms. The van der Waals surface area contributed by atoms with Gasteiger partial charge in [0.1, 0.15) is 17.0 Å². The highest BCUT2D eigenvalue weighted by Gasteiger charge is 2.10. The molecule has 2 aromatic carbocycles. The lowest BCUT2D eigenvalue weighted by Gasteiger charge is -2.00. The lowest BCUT2D eigenvalue weighted by Crippen LogP contribution is -1.99. The number of phenolic OH excluding ortho intramolecular Hbond substituents is 2. The van der Waals surface area contributed by atoms with Crippen molar-refractivity contribution in [1.82, 2.24) is 20.2 Å². The quantitative estimate of drug-likeness (QED) is 0.338. The Bertz CT molecular complexity index is 1120. The third-order valence-electron chi connectivity index (χ3n) is 3.84. The summed E-state index contributed by atoms with van der Waals surface area (Å²) in [6.45, 7) is 2.01. The van der Waals surface area contributed by atoms with E-state index >= 15 is 0 Å². The number of aryl methyl sites for hydroxylation is 1. The van der Waals surface area contributed by atoms with Crippen molar-refractivity contribution in [2.45, 2.75) is 6.92 Å². The minimum absolute atomic E-state index is 0.0188. The number of aromatic amines is 1. The summed E-state index contributed by atoms with van der Waals surface area (Å²) in [5, 5.41) is 32.2. The van der Waals surface area contributed by atoms with Gasteiger partial charge in [0.25, 0.3) is 5.95 Å². The monoisotopic (exact) mass is 334 g/mol. The summed E-state index contributed by atoms with van der Waals surface area (Å²) in [6, 6.07) is 10.2. The smallest absolute Gasteiger partial charge is 0.265 e. The van der Waals surface area contributed by atoms with Crippen LogP contribution in [0, 0.1) is 6.92 Å². The van der Waals surface area contributed by atoms with E-state index in [-0.39, 0.29) is 17.4 Å². The van der Waals surface area contributed by atoms with Gasteiger partial charge in [-0.25, -0.2) is 5.43 Å². The average Bonchev–Trinajstić information content (AvgIpc) is 2.96. The molecule has 0 amide bonds. The summed E-state index contributed by atoms with van der Waals surface area (Å²) in [6.07, 6.45) is 1.40. The van der Waals surface area contributed by atoms with Crippen LogP contribution in [0.5, 0.6) is 11.5 Å². The zero-order valence-corrected chi connectivity index (χ0v) is 13.2. The standard InChI is InChI=1S/C17H14N6O2/c1-9-3-2-4-12-14(9)19-16-15(12)21-23-17(20-16)22-18-8-10-5-6-11(24)7-13(10)25/h2-8,24-25H,1H3,(H2,19,20,22,23)/b18-8-.